The fourth-order valence-corrected chi connectivity index (χ4v) is 1.95. The Hall–Kier alpha value is -1.11. The van der Waals surface area contributed by atoms with E-state index in [0.717, 1.165) is 19.3 Å². The van der Waals surface area contributed by atoms with Crippen molar-refractivity contribution in [1.82, 2.24) is 20.2 Å². The largest absolute Gasteiger partial charge is 0.465 e. The number of tetrazole rings is 1. The number of ether oxygens (including phenoxy) is 1. The SMILES string of the molecule is CCCOC(=O)CSc1nnnn1C1CC1. The predicted octanol–water partition coefficient (Wildman–Crippen LogP) is 1.05. The minimum Gasteiger partial charge on any atom is -0.465 e. The zero-order chi connectivity index (χ0) is 11.4. The average Bonchev–Trinajstić information content (AvgIpc) is 3.03. The molecular weight excluding hydrogens is 228 g/mol. The number of carbonyl (C=O) groups is 1. The summed E-state index contributed by atoms with van der Waals surface area (Å²) in [6.07, 6.45) is 3.09. The molecule has 0 spiro atoms. The summed E-state index contributed by atoms with van der Waals surface area (Å²) in [6.45, 7) is 2.45. The second-order valence-electron chi connectivity index (χ2n) is 3.65. The molecule has 6 nitrogen and oxygen atoms in total. The molecule has 1 aliphatic carbocycles. The van der Waals surface area contributed by atoms with Gasteiger partial charge < -0.3 is 4.74 Å². The zero-order valence-electron chi connectivity index (χ0n) is 9.13. The number of rotatable bonds is 6. The summed E-state index contributed by atoms with van der Waals surface area (Å²) >= 11 is 1.33. The van der Waals surface area contributed by atoms with Crippen molar-refractivity contribution in [2.75, 3.05) is 12.4 Å². The molecule has 0 N–H and O–H groups in total. The number of nitrogens with zero attached hydrogens (tertiary/aromatic N) is 4. The van der Waals surface area contributed by atoms with Crippen LogP contribution in [0.25, 0.3) is 0 Å². The summed E-state index contributed by atoms with van der Waals surface area (Å²) < 4.78 is 6.76. The van der Waals surface area contributed by atoms with Crippen molar-refractivity contribution in [1.29, 1.82) is 0 Å². The van der Waals surface area contributed by atoms with E-state index in [2.05, 4.69) is 15.5 Å². The van der Waals surface area contributed by atoms with Crippen LogP contribution in [0.2, 0.25) is 0 Å². The second-order valence-corrected chi connectivity index (χ2v) is 4.59. The van der Waals surface area contributed by atoms with Crippen LogP contribution in [-0.4, -0.2) is 38.5 Å². The van der Waals surface area contributed by atoms with E-state index in [1.165, 1.54) is 11.8 Å². The van der Waals surface area contributed by atoms with Gasteiger partial charge in [-0.05, 0) is 29.7 Å². The average molecular weight is 242 g/mol. The molecule has 2 rings (SSSR count). The first-order valence-electron chi connectivity index (χ1n) is 5.37. The van der Waals surface area contributed by atoms with Gasteiger partial charge in [-0.25, -0.2) is 4.68 Å². The van der Waals surface area contributed by atoms with E-state index in [0.29, 0.717) is 17.8 Å². The maximum atomic E-state index is 11.3. The molecule has 1 heterocycles. The van der Waals surface area contributed by atoms with Gasteiger partial charge in [-0.1, -0.05) is 18.7 Å². The van der Waals surface area contributed by atoms with Crippen molar-refractivity contribution in [3.8, 4) is 0 Å². The fraction of sp³-hybridized carbons (Fsp3) is 0.778. The molecule has 0 unspecified atom stereocenters. The number of thioether (sulfide) groups is 1. The third kappa shape index (κ3) is 2.94. The smallest absolute Gasteiger partial charge is 0.316 e. The molecule has 0 radical (unpaired) electrons. The quantitative estimate of drug-likeness (QED) is 0.548. The summed E-state index contributed by atoms with van der Waals surface area (Å²) in [5.74, 6) is 0.0600. The van der Waals surface area contributed by atoms with Crippen LogP contribution in [0.15, 0.2) is 5.16 Å². The highest BCUT2D eigenvalue weighted by Gasteiger charge is 2.28. The Morgan fingerprint density at radius 3 is 3.12 bits per heavy atom. The molecule has 1 aromatic heterocycles. The number of hydrogen-bond donors (Lipinski definition) is 0. The summed E-state index contributed by atoms with van der Waals surface area (Å²) in [5, 5.41) is 12.1. The van der Waals surface area contributed by atoms with Gasteiger partial charge >= 0.3 is 5.97 Å². The van der Waals surface area contributed by atoms with E-state index in [9.17, 15) is 4.79 Å². The Bertz CT molecular complexity index is 364. The predicted molar refractivity (Wildman–Crippen MR) is 58.1 cm³/mol. The molecule has 88 valence electrons. The first kappa shape index (κ1) is 11.4. The number of esters is 1. The van der Waals surface area contributed by atoms with Crippen LogP contribution in [0.5, 0.6) is 0 Å². The number of carbonyl (C=O) groups excluding carboxylic acids is 1. The van der Waals surface area contributed by atoms with Gasteiger partial charge in [0.1, 0.15) is 0 Å². The summed E-state index contributed by atoms with van der Waals surface area (Å²) in [5.41, 5.74) is 0. The van der Waals surface area contributed by atoms with Crippen molar-refractivity contribution in [2.45, 2.75) is 37.4 Å². The standard InChI is InChI=1S/C9H14N4O2S/c1-2-5-15-8(14)6-16-9-10-11-12-13(9)7-3-4-7/h7H,2-6H2,1H3. The third-order valence-electron chi connectivity index (χ3n) is 2.14. The maximum absolute atomic E-state index is 11.3. The summed E-state index contributed by atoms with van der Waals surface area (Å²) in [4.78, 5) is 11.3. The van der Waals surface area contributed by atoms with E-state index in [1.807, 2.05) is 6.92 Å². The Morgan fingerprint density at radius 1 is 1.62 bits per heavy atom. The molecule has 0 saturated heterocycles. The monoisotopic (exact) mass is 242 g/mol. The van der Waals surface area contributed by atoms with Crippen molar-refractivity contribution in [3.05, 3.63) is 0 Å². The fourth-order valence-electron chi connectivity index (χ4n) is 1.21. The van der Waals surface area contributed by atoms with Crippen molar-refractivity contribution in [2.24, 2.45) is 0 Å². The second kappa shape index (κ2) is 5.29. The molecule has 0 atom stereocenters. The lowest BCUT2D eigenvalue weighted by molar-refractivity contribution is -0.140. The van der Waals surface area contributed by atoms with Gasteiger partial charge in [0.05, 0.1) is 18.4 Å². The van der Waals surface area contributed by atoms with Gasteiger partial charge in [0.25, 0.3) is 0 Å². The number of aromatic nitrogens is 4. The molecule has 0 bridgehead atoms. The lowest BCUT2D eigenvalue weighted by atomic mass is 10.5. The van der Waals surface area contributed by atoms with Crippen LogP contribution in [0.4, 0.5) is 0 Å². The van der Waals surface area contributed by atoms with E-state index in [4.69, 9.17) is 4.74 Å². The molecular formula is C9H14N4O2S. The first-order chi connectivity index (χ1) is 7.81. The molecule has 1 aromatic rings. The number of hydrogen-bond acceptors (Lipinski definition) is 6. The van der Waals surface area contributed by atoms with E-state index in [-0.39, 0.29) is 11.7 Å². The molecule has 7 heteroatoms. The van der Waals surface area contributed by atoms with Crippen molar-refractivity contribution < 1.29 is 9.53 Å². The molecule has 16 heavy (non-hydrogen) atoms. The first-order valence-corrected chi connectivity index (χ1v) is 6.36. The molecule has 0 aromatic carbocycles. The minimum atomic E-state index is -0.211. The van der Waals surface area contributed by atoms with Gasteiger partial charge in [-0.2, -0.15) is 0 Å². The van der Waals surface area contributed by atoms with Crippen LogP contribution < -0.4 is 0 Å². The van der Waals surface area contributed by atoms with E-state index in [1.54, 1.807) is 4.68 Å². The topological polar surface area (TPSA) is 69.9 Å². The van der Waals surface area contributed by atoms with Gasteiger partial charge in [0.2, 0.25) is 5.16 Å². The Balaban J connectivity index is 1.80. The Morgan fingerprint density at radius 2 is 2.44 bits per heavy atom. The Kier molecular flexibility index (Phi) is 3.76. The van der Waals surface area contributed by atoms with Crippen LogP contribution in [0, 0.1) is 0 Å². The van der Waals surface area contributed by atoms with E-state index >= 15 is 0 Å². The third-order valence-corrected chi connectivity index (χ3v) is 3.05. The zero-order valence-corrected chi connectivity index (χ0v) is 9.94. The molecule has 1 fully saturated rings. The van der Waals surface area contributed by atoms with Gasteiger partial charge in [0.15, 0.2) is 0 Å². The normalized spacial score (nSPS) is 15.1. The van der Waals surface area contributed by atoms with Crippen LogP contribution in [0.1, 0.15) is 32.2 Å². The molecule has 0 aliphatic heterocycles. The minimum absolute atomic E-state index is 0.211. The molecule has 1 saturated carbocycles. The summed E-state index contributed by atoms with van der Waals surface area (Å²) in [6, 6.07) is 0.434. The highest BCUT2D eigenvalue weighted by molar-refractivity contribution is 7.99. The van der Waals surface area contributed by atoms with Gasteiger partial charge in [-0.15, -0.1) is 5.10 Å². The molecule has 0 amide bonds. The lowest BCUT2D eigenvalue weighted by Crippen LogP contribution is -2.09. The highest BCUT2D eigenvalue weighted by Crippen LogP contribution is 2.36. The maximum Gasteiger partial charge on any atom is 0.316 e. The Labute approximate surface area is 97.7 Å². The van der Waals surface area contributed by atoms with Crippen molar-refractivity contribution in [3.63, 3.8) is 0 Å². The van der Waals surface area contributed by atoms with Crippen molar-refractivity contribution >= 4 is 17.7 Å². The van der Waals surface area contributed by atoms with Crippen LogP contribution in [0.3, 0.4) is 0 Å². The van der Waals surface area contributed by atoms with Gasteiger partial charge in [0, 0.05) is 0 Å². The van der Waals surface area contributed by atoms with E-state index < -0.39 is 0 Å². The van der Waals surface area contributed by atoms with Gasteiger partial charge in [-0.3, -0.25) is 4.79 Å². The highest BCUT2D eigenvalue weighted by atomic mass is 32.2. The summed E-state index contributed by atoms with van der Waals surface area (Å²) in [7, 11) is 0. The van der Waals surface area contributed by atoms with Crippen LogP contribution >= 0.6 is 11.8 Å². The molecule has 1 aliphatic rings. The lowest BCUT2D eigenvalue weighted by Gasteiger charge is -2.03. The van der Waals surface area contributed by atoms with Crippen LogP contribution in [-0.2, 0) is 9.53 Å².